The third kappa shape index (κ3) is 5.34. The molecule has 192 valence electrons. The Hall–Kier alpha value is -2.71. The number of ether oxygens (including phenoxy) is 1. The molecule has 0 spiro atoms. The summed E-state index contributed by atoms with van der Waals surface area (Å²) in [6.07, 6.45) is 8.33. The van der Waals surface area contributed by atoms with E-state index in [1.54, 1.807) is 38.3 Å². The number of nitrogens with one attached hydrogen (secondary N) is 1. The van der Waals surface area contributed by atoms with Crippen LogP contribution >= 0.6 is 0 Å². The average molecular weight is 510 g/mol. The van der Waals surface area contributed by atoms with E-state index < -0.39 is 9.84 Å². The highest BCUT2D eigenvalue weighted by molar-refractivity contribution is 7.91. The first-order chi connectivity index (χ1) is 17.4. The van der Waals surface area contributed by atoms with Crippen molar-refractivity contribution in [2.45, 2.75) is 75.5 Å². The van der Waals surface area contributed by atoms with E-state index in [9.17, 15) is 13.2 Å². The van der Waals surface area contributed by atoms with Crippen LogP contribution in [0, 0.1) is 5.92 Å². The molecule has 8 heteroatoms. The van der Waals surface area contributed by atoms with Gasteiger partial charge in [0.1, 0.15) is 5.82 Å². The second-order valence-electron chi connectivity index (χ2n) is 10.1. The summed E-state index contributed by atoms with van der Waals surface area (Å²) in [5.74, 6) is 1.68. The number of imidazole rings is 1. The van der Waals surface area contributed by atoms with Gasteiger partial charge in [-0.05, 0) is 80.3 Å². The lowest BCUT2D eigenvalue weighted by Crippen LogP contribution is -2.22. The summed E-state index contributed by atoms with van der Waals surface area (Å²) in [5, 5.41) is 2.95. The van der Waals surface area contributed by atoms with Crippen molar-refractivity contribution in [3.05, 3.63) is 59.4 Å². The van der Waals surface area contributed by atoms with E-state index in [1.807, 2.05) is 18.2 Å². The Morgan fingerprint density at radius 2 is 1.78 bits per heavy atom. The minimum absolute atomic E-state index is 0.0682. The highest BCUT2D eigenvalue weighted by Crippen LogP contribution is 2.40. The molecular weight excluding hydrogens is 474 g/mol. The van der Waals surface area contributed by atoms with Gasteiger partial charge in [-0.25, -0.2) is 13.4 Å². The first kappa shape index (κ1) is 25.0. The van der Waals surface area contributed by atoms with Gasteiger partial charge in [-0.15, -0.1) is 0 Å². The molecule has 5 rings (SSSR count). The van der Waals surface area contributed by atoms with E-state index in [2.05, 4.69) is 9.88 Å². The molecular formula is C28H35N3O4S. The van der Waals surface area contributed by atoms with Crippen molar-refractivity contribution < 1.29 is 17.9 Å². The predicted molar refractivity (Wildman–Crippen MR) is 140 cm³/mol. The van der Waals surface area contributed by atoms with Gasteiger partial charge in [0.2, 0.25) is 0 Å². The smallest absolute Gasteiger partial charge is 0.251 e. The summed E-state index contributed by atoms with van der Waals surface area (Å²) in [6, 6.07) is 13.0. The highest BCUT2D eigenvalue weighted by atomic mass is 32.2. The van der Waals surface area contributed by atoms with Crippen molar-refractivity contribution in [2.24, 2.45) is 5.92 Å². The van der Waals surface area contributed by atoms with E-state index in [0.29, 0.717) is 35.1 Å². The first-order valence-electron chi connectivity index (χ1n) is 13.0. The number of sulfone groups is 1. The molecule has 1 N–H and O–H groups in total. The van der Waals surface area contributed by atoms with Gasteiger partial charge in [0.05, 0.1) is 27.8 Å². The summed E-state index contributed by atoms with van der Waals surface area (Å²) in [6.45, 7) is 1.96. The topological polar surface area (TPSA) is 90.3 Å². The van der Waals surface area contributed by atoms with Gasteiger partial charge in [-0.1, -0.05) is 19.1 Å². The van der Waals surface area contributed by atoms with Gasteiger partial charge in [-0.2, -0.15) is 0 Å². The Kier molecular flexibility index (Phi) is 7.17. The van der Waals surface area contributed by atoms with E-state index >= 15 is 0 Å². The largest absolute Gasteiger partial charge is 0.381 e. The lowest BCUT2D eigenvalue weighted by molar-refractivity contribution is 0.0565. The number of hydrogen-bond donors (Lipinski definition) is 1. The van der Waals surface area contributed by atoms with Crippen LogP contribution in [0.2, 0.25) is 0 Å². The van der Waals surface area contributed by atoms with Gasteiger partial charge in [0.15, 0.2) is 9.84 Å². The van der Waals surface area contributed by atoms with Gasteiger partial charge >= 0.3 is 0 Å². The molecule has 0 atom stereocenters. The molecule has 36 heavy (non-hydrogen) atoms. The van der Waals surface area contributed by atoms with Crippen LogP contribution in [0.15, 0.2) is 47.4 Å². The van der Waals surface area contributed by atoms with Crippen LogP contribution in [-0.2, 0) is 27.5 Å². The van der Waals surface area contributed by atoms with Crippen LogP contribution in [0.25, 0.3) is 11.0 Å². The molecule has 2 aromatic carbocycles. The highest BCUT2D eigenvalue weighted by Gasteiger charge is 2.30. The van der Waals surface area contributed by atoms with Gasteiger partial charge in [0.25, 0.3) is 5.91 Å². The van der Waals surface area contributed by atoms with Crippen molar-refractivity contribution >= 4 is 26.8 Å². The van der Waals surface area contributed by atoms with Crippen molar-refractivity contribution in [1.29, 1.82) is 0 Å². The van der Waals surface area contributed by atoms with Crippen molar-refractivity contribution in [3.63, 3.8) is 0 Å². The number of carbonyl (C=O) groups is 1. The zero-order valence-corrected chi connectivity index (χ0v) is 21.9. The van der Waals surface area contributed by atoms with E-state index in [4.69, 9.17) is 9.72 Å². The number of rotatable bonds is 9. The second-order valence-corrected chi connectivity index (χ2v) is 12.4. The Balaban J connectivity index is 1.28. The van der Waals surface area contributed by atoms with E-state index in [0.717, 1.165) is 41.7 Å². The number of hydrogen-bond acceptors (Lipinski definition) is 5. The summed E-state index contributed by atoms with van der Waals surface area (Å²) >= 11 is 0. The fourth-order valence-electron chi connectivity index (χ4n) is 5.27. The van der Waals surface area contributed by atoms with Gasteiger partial charge in [-0.3, -0.25) is 4.79 Å². The number of nitrogens with zero attached hydrogens (tertiary/aromatic N) is 2. The lowest BCUT2D eigenvalue weighted by atomic mass is 9.85. The Bertz CT molecular complexity index is 1340. The number of aromatic nitrogens is 2. The van der Waals surface area contributed by atoms with E-state index in [1.165, 1.54) is 25.7 Å². The van der Waals surface area contributed by atoms with Gasteiger partial charge in [0, 0.05) is 31.7 Å². The predicted octanol–water partition coefficient (Wildman–Crippen LogP) is 4.84. The molecule has 0 bridgehead atoms. The molecule has 0 aliphatic heterocycles. The molecule has 2 fully saturated rings. The Morgan fingerprint density at radius 3 is 2.42 bits per heavy atom. The number of benzene rings is 2. The fraction of sp³-hybridized carbons (Fsp3) is 0.500. The summed E-state index contributed by atoms with van der Waals surface area (Å²) < 4.78 is 31.9. The molecule has 0 saturated heterocycles. The molecule has 1 heterocycles. The standard InChI is InChI=1S/C28H35N3O4S/c1-3-36(33,34)24-13-6-20(7-14-24)18-29-28(32)21-8-15-26-25(17-21)30-27(31(26)22-9-10-22)16-19-4-11-23(35-2)12-5-19/h6-8,13-15,17,19,22-23H,3-5,9-12,16,18H2,1-2H3,(H,29,32). The maximum Gasteiger partial charge on any atom is 0.251 e. The SMILES string of the molecule is CCS(=O)(=O)c1ccc(CNC(=O)c2ccc3c(c2)nc(CC2CCC(OC)CC2)n3C2CC2)cc1. The molecule has 1 amide bonds. The minimum atomic E-state index is -3.23. The minimum Gasteiger partial charge on any atom is -0.381 e. The number of methoxy groups -OCH3 is 1. The van der Waals surface area contributed by atoms with Crippen LogP contribution < -0.4 is 5.32 Å². The first-order valence-corrected chi connectivity index (χ1v) is 14.7. The quantitative estimate of drug-likeness (QED) is 0.446. The van der Waals surface area contributed by atoms with Crippen LogP contribution in [0.5, 0.6) is 0 Å². The monoisotopic (exact) mass is 509 g/mol. The third-order valence-electron chi connectivity index (χ3n) is 7.65. The zero-order chi connectivity index (χ0) is 25.3. The van der Waals surface area contributed by atoms with Crippen LogP contribution in [0.3, 0.4) is 0 Å². The Labute approximate surface area is 213 Å². The lowest BCUT2D eigenvalue weighted by Gasteiger charge is -2.27. The maximum absolute atomic E-state index is 12.9. The molecule has 0 unspecified atom stereocenters. The summed E-state index contributed by atoms with van der Waals surface area (Å²) in [7, 11) is -1.42. The summed E-state index contributed by atoms with van der Waals surface area (Å²) in [5.41, 5.74) is 3.43. The molecule has 0 radical (unpaired) electrons. The average Bonchev–Trinajstić information content (AvgIpc) is 3.68. The van der Waals surface area contributed by atoms with E-state index in [-0.39, 0.29) is 11.7 Å². The van der Waals surface area contributed by atoms with Crippen LogP contribution in [0.1, 0.15) is 73.2 Å². The van der Waals surface area contributed by atoms with Crippen molar-refractivity contribution in [2.75, 3.05) is 12.9 Å². The second kappa shape index (κ2) is 10.3. The number of amides is 1. The molecule has 2 saturated carbocycles. The molecule has 2 aliphatic carbocycles. The van der Waals surface area contributed by atoms with Crippen LogP contribution in [0.4, 0.5) is 0 Å². The molecule has 2 aliphatic rings. The normalized spacial score (nSPS) is 20.5. The number of carbonyl (C=O) groups excluding carboxylic acids is 1. The van der Waals surface area contributed by atoms with Crippen molar-refractivity contribution in [3.8, 4) is 0 Å². The molecule has 1 aromatic heterocycles. The maximum atomic E-state index is 12.9. The Morgan fingerprint density at radius 1 is 1.06 bits per heavy atom. The number of fused-ring (bicyclic) bond motifs is 1. The molecule has 7 nitrogen and oxygen atoms in total. The summed E-state index contributed by atoms with van der Waals surface area (Å²) in [4.78, 5) is 18.2. The fourth-order valence-corrected chi connectivity index (χ4v) is 6.15. The molecule has 3 aromatic rings. The van der Waals surface area contributed by atoms with Crippen LogP contribution in [-0.4, -0.2) is 42.8 Å². The zero-order valence-electron chi connectivity index (χ0n) is 21.1. The third-order valence-corrected chi connectivity index (χ3v) is 9.40. The van der Waals surface area contributed by atoms with Gasteiger partial charge < -0.3 is 14.6 Å². The van der Waals surface area contributed by atoms with Crippen molar-refractivity contribution in [1.82, 2.24) is 14.9 Å².